The molecule has 0 aliphatic heterocycles. The number of halogens is 1. The van der Waals surface area contributed by atoms with Gasteiger partial charge in [-0.05, 0) is 42.7 Å². The number of carbonyl (C=O) groups is 1. The van der Waals surface area contributed by atoms with Crippen LogP contribution in [0.1, 0.15) is 44.4 Å². The van der Waals surface area contributed by atoms with E-state index < -0.39 is 6.10 Å². The second-order valence-corrected chi connectivity index (χ2v) is 6.40. The third-order valence-electron chi connectivity index (χ3n) is 3.71. The Kier molecular flexibility index (Phi) is 7.18. The highest BCUT2D eigenvalue weighted by atomic mass is 35.5. The number of aromatic nitrogens is 1. The molecular weight excluding hydrogens is 352 g/mol. The van der Waals surface area contributed by atoms with E-state index in [2.05, 4.69) is 10.3 Å². The summed E-state index contributed by atoms with van der Waals surface area (Å²) in [6.45, 7) is 5.28. The van der Waals surface area contributed by atoms with Crippen molar-refractivity contribution in [3.8, 4) is 11.6 Å². The minimum atomic E-state index is -0.536. The Morgan fingerprint density at radius 3 is 2.73 bits per heavy atom. The molecule has 2 atom stereocenters. The molecule has 1 heterocycles. The van der Waals surface area contributed by atoms with Crippen molar-refractivity contribution in [2.75, 3.05) is 0 Å². The fourth-order valence-electron chi connectivity index (χ4n) is 2.33. The van der Waals surface area contributed by atoms with Gasteiger partial charge in [-0.1, -0.05) is 36.7 Å². The lowest BCUT2D eigenvalue weighted by atomic mass is 10.1. The zero-order valence-corrected chi connectivity index (χ0v) is 15.8. The normalized spacial score (nSPS) is 13.4. The summed E-state index contributed by atoms with van der Waals surface area (Å²) < 4.78 is 5.70. The summed E-state index contributed by atoms with van der Waals surface area (Å²) in [5.41, 5.74) is 1.65. The van der Waals surface area contributed by atoms with Crippen molar-refractivity contribution in [3.63, 3.8) is 0 Å². The van der Waals surface area contributed by atoms with Crippen molar-refractivity contribution in [1.82, 2.24) is 10.3 Å². The predicted octanol–water partition coefficient (Wildman–Crippen LogP) is 4.51. The van der Waals surface area contributed by atoms with Gasteiger partial charge in [-0.25, -0.2) is 4.98 Å². The summed E-state index contributed by atoms with van der Waals surface area (Å²) in [6, 6.07) is 8.76. The van der Waals surface area contributed by atoms with Crippen molar-refractivity contribution in [2.24, 2.45) is 0 Å². The van der Waals surface area contributed by atoms with Crippen molar-refractivity contribution in [2.45, 2.75) is 39.3 Å². The lowest BCUT2D eigenvalue weighted by molar-refractivity contribution is -0.119. The third-order valence-corrected chi connectivity index (χ3v) is 4.00. The van der Waals surface area contributed by atoms with Gasteiger partial charge in [-0.3, -0.25) is 4.79 Å². The van der Waals surface area contributed by atoms with Gasteiger partial charge in [-0.2, -0.15) is 0 Å². The summed E-state index contributed by atoms with van der Waals surface area (Å²) in [6.07, 6.45) is 5.52. The maximum atomic E-state index is 11.0. The van der Waals surface area contributed by atoms with E-state index in [0.29, 0.717) is 23.1 Å². The standard InChI is InChI=1S/C20H23ClN2O3/c1-4-18(25)16-8-9-19(17(21)11-16)26-20-10-7-15(12-22-20)6-5-13(2)23-14(3)24/h5-13,18,25H,4H2,1-3H3,(H,23,24)/t13-,18?/m0/s1. The van der Waals surface area contributed by atoms with Crippen LogP contribution < -0.4 is 10.1 Å². The number of aliphatic hydroxyl groups excluding tert-OH is 1. The van der Waals surface area contributed by atoms with Crippen LogP contribution in [-0.4, -0.2) is 22.0 Å². The number of amides is 1. The van der Waals surface area contributed by atoms with Crippen molar-refractivity contribution in [1.29, 1.82) is 0 Å². The van der Waals surface area contributed by atoms with Gasteiger partial charge in [0.15, 0.2) is 0 Å². The largest absolute Gasteiger partial charge is 0.437 e. The van der Waals surface area contributed by atoms with Crippen LogP contribution in [0.25, 0.3) is 6.08 Å². The van der Waals surface area contributed by atoms with Gasteiger partial charge in [0.2, 0.25) is 11.8 Å². The molecule has 5 nitrogen and oxygen atoms in total. The van der Waals surface area contributed by atoms with E-state index in [0.717, 1.165) is 11.1 Å². The SMILES string of the molecule is CCC(O)c1ccc(Oc2ccc(C=C[C@H](C)NC(C)=O)cn2)c(Cl)c1. The van der Waals surface area contributed by atoms with Crippen LogP contribution in [0.5, 0.6) is 11.6 Å². The van der Waals surface area contributed by atoms with Crippen LogP contribution in [0.2, 0.25) is 5.02 Å². The van der Waals surface area contributed by atoms with Gasteiger partial charge >= 0.3 is 0 Å². The lowest BCUT2D eigenvalue weighted by Crippen LogP contribution is -2.28. The zero-order chi connectivity index (χ0) is 19.1. The Hall–Kier alpha value is -2.37. The van der Waals surface area contributed by atoms with E-state index in [9.17, 15) is 9.90 Å². The first-order valence-electron chi connectivity index (χ1n) is 8.45. The summed E-state index contributed by atoms with van der Waals surface area (Å²) in [5, 5.41) is 13.1. The maximum Gasteiger partial charge on any atom is 0.219 e. The molecule has 1 aromatic carbocycles. The molecule has 0 saturated heterocycles. The number of rotatable bonds is 7. The molecule has 0 saturated carbocycles. The second kappa shape index (κ2) is 9.36. The average Bonchev–Trinajstić information content (AvgIpc) is 2.61. The average molecular weight is 375 g/mol. The number of aliphatic hydroxyl groups is 1. The molecule has 1 amide bonds. The molecule has 1 unspecified atom stereocenters. The number of hydrogen-bond donors (Lipinski definition) is 2. The first-order valence-corrected chi connectivity index (χ1v) is 8.83. The van der Waals surface area contributed by atoms with Crippen molar-refractivity contribution in [3.05, 3.63) is 58.8 Å². The van der Waals surface area contributed by atoms with Crippen LogP contribution in [-0.2, 0) is 4.79 Å². The molecule has 0 fully saturated rings. The fraction of sp³-hybridized carbons (Fsp3) is 0.300. The smallest absolute Gasteiger partial charge is 0.219 e. The van der Waals surface area contributed by atoms with E-state index in [1.165, 1.54) is 6.92 Å². The van der Waals surface area contributed by atoms with Crippen LogP contribution in [0.15, 0.2) is 42.6 Å². The van der Waals surface area contributed by atoms with Gasteiger partial charge in [0.1, 0.15) is 5.75 Å². The Morgan fingerprint density at radius 1 is 1.38 bits per heavy atom. The Labute approximate surface area is 158 Å². The van der Waals surface area contributed by atoms with Crippen LogP contribution in [0.4, 0.5) is 0 Å². The Balaban J connectivity index is 2.03. The van der Waals surface area contributed by atoms with E-state index >= 15 is 0 Å². The number of benzene rings is 1. The van der Waals surface area contributed by atoms with E-state index in [4.69, 9.17) is 16.3 Å². The highest BCUT2D eigenvalue weighted by Crippen LogP contribution is 2.31. The van der Waals surface area contributed by atoms with Crippen LogP contribution in [0.3, 0.4) is 0 Å². The van der Waals surface area contributed by atoms with Gasteiger partial charge in [0.25, 0.3) is 0 Å². The topological polar surface area (TPSA) is 71.5 Å². The van der Waals surface area contributed by atoms with Crippen molar-refractivity contribution < 1.29 is 14.6 Å². The van der Waals surface area contributed by atoms with E-state index in [-0.39, 0.29) is 11.9 Å². The lowest BCUT2D eigenvalue weighted by Gasteiger charge is -2.11. The molecule has 1 aromatic heterocycles. The summed E-state index contributed by atoms with van der Waals surface area (Å²) in [5.74, 6) is 0.829. The molecule has 138 valence electrons. The molecule has 0 bridgehead atoms. The van der Waals surface area contributed by atoms with Gasteiger partial charge < -0.3 is 15.2 Å². The van der Waals surface area contributed by atoms with E-state index in [1.807, 2.05) is 32.1 Å². The van der Waals surface area contributed by atoms with Crippen molar-refractivity contribution >= 4 is 23.6 Å². The Morgan fingerprint density at radius 2 is 2.15 bits per heavy atom. The molecule has 26 heavy (non-hydrogen) atoms. The first-order chi connectivity index (χ1) is 12.4. The minimum Gasteiger partial charge on any atom is -0.437 e. The number of pyridine rings is 1. The minimum absolute atomic E-state index is 0.0563. The summed E-state index contributed by atoms with van der Waals surface area (Å²) in [7, 11) is 0. The second-order valence-electron chi connectivity index (χ2n) is 5.99. The number of nitrogens with one attached hydrogen (secondary N) is 1. The molecule has 2 N–H and O–H groups in total. The summed E-state index contributed by atoms with van der Waals surface area (Å²) in [4.78, 5) is 15.2. The molecule has 0 spiro atoms. The monoisotopic (exact) mass is 374 g/mol. The Bertz CT molecular complexity index is 775. The molecule has 2 rings (SSSR count). The molecule has 0 aliphatic rings. The molecule has 0 aliphatic carbocycles. The fourth-order valence-corrected chi connectivity index (χ4v) is 2.56. The zero-order valence-electron chi connectivity index (χ0n) is 15.1. The van der Waals surface area contributed by atoms with Gasteiger partial charge in [0, 0.05) is 25.2 Å². The quantitative estimate of drug-likeness (QED) is 0.748. The van der Waals surface area contributed by atoms with Gasteiger partial charge in [0.05, 0.1) is 11.1 Å². The summed E-state index contributed by atoms with van der Waals surface area (Å²) >= 11 is 6.23. The highest BCUT2D eigenvalue weighted by molar-refractivity contribution is 6.32. The van der Waals surface area contributed by atoms with Gasteiger partial charge in [-0.15, -0.1) is 0 Å². The first kappa shape index (κ1) is 19.9. The third kappa shape index (κ3) is 5.86. The molecule has 6 heteroatoms. The maximum absolute atomic E-state index is 11.0. The highest BCUT2D eigenvalue weighted by Gasteiger charge is 2.10. The number of carbonyl (C=O) groups excluding carboxylic acids is 1. The van der Waals surface area contributed by atoms with Crippen LogP contribution >= 0.6 is 11.6 Å². The molecule has 2 aromatic rings. The van der Waals surface area contributed by atoms with E-state index in [1.54, 1.807) is 30.5 Å². The molecular formula is C20H23ClN2O3. The number of ether oxygens (including phenoxy) is 1. The number of nitrogens with zero attached hydrogens (tertiary/aromatic N) is 1. The number of hydrogen-bond acceptors (Lipinski definition) is 4. The van der Waals surface area contributed by atoms with Crippen LogP contribution in [0, 0.1) is 0 Å². The molecule has 0 radical (unpaired) electrons. The predicted molar refractivity (Wildman–Crippen MR) is 103 cm³/mol.